The number of rotatable bonds is 4. The second-order valence-electron chi connectivity index (χ2n) is 6.26. The average Bonchev–Trinajstić information content (AvgIpc) is 3.28. The highest BCUT2D eigenvalue weighted by Crippen LogP contribution is 2.44. The van der Waals surface area contributed by atoms with Crippen LogP contribution in [-0.4, -0.2) is 29.8 Å². The summed E-state index contributed by atoms with van der Waals surface area (Å²) in [7, 11) is 0. The highest BCUT2D eigenvalue weighted by Gasteiger charge is 2.44. The van der Waals surface area contributed by atoms with Crippen LogP contribution in [-0.2, 0) is 9.53 Å². The first-order valence-corrected chi connectivity index (χ1v) is 7.99. The number of aliphatic carboxylic acids is 1. The van der Waals surface area contributed by atoms with Gasteiger partial charge in [0.25, 0.3) is 0 Å². The Morgan fingerprint density at radius 1 is 1.04 bits per heavy atom. The quantitative estimate of drug-likeness (QED) is 0.907. The largest absolute Gasteiger partial charge is 0.481 e. The zero-order valence-corrected chi connectivity index (χ0v) is 12.9. The molecule has 0 saturated heterocycles. The molecule has 0 aliphatic heterocycles. The van der Waals surface area contributed by atoms with Crippen LogP contribution in [0.2, 0.25) is 0 Å². The molecule has 0 unspecified atom stereocenters. The molecule has 4 rings (SSSR count). The third kappa shape index (κ3) is 2.52. The molecule has 2 aromatic rings. The van der Waals surface area contributed by atoms with Gasteiger partial charge in [-0.3, -0.25) is 4.79 Å². The lowest BCUT2D eigenvalue weighted by molar-refractivity contribution is -0.138. The lowest BCUT2D eigenvalue weighted by Gasteiger charge is -2.14. The number of hydrogen-bond acceptors (Lipinski definition) is 3. The van der Waals surface area contributed by atoms with Gasteiger partial charge in [0, 0.05) is 12.0 Å². The van der Waals surface area contributed by atoms with E-state index in [2.05, 4.69) is 29.6 Å². The topological polar surface area (TPSA) is 75.6 Å². The standard InChI is InChI=1S/C19H17NO4/c21-18(22)15-9-17(15)20-19(23)24-10-16-13-7-3-1-5-11(13)12-6-2-4-8-14(12)16/h1-8,15-17H,9-10H2,(H,20,23)(H,21,22)/t15-,17-/m1/s1. The van der Waals surface area contributed by atoms with Gasteiger partial charge in [0.2, 0.25) is 0 Å². The van der Waals surface area contributed by atoms with E-state index in [0.717, 1.165) is 11.1 Å². The molecule has 1 fully saturated rings. The number of alkyl carbamates (subject to hydrolysis) is 1. The SMILES string of the molecule is O=C(N[C@@H]1C[C@H]1C(=O)O)OCC1c2ccccc2-c2ccccc21. The van der Waals surface area contributed by atoms with Gasteiger partial charge in [-0.25, -0.2) is 4.79 Å². The number of hydrogen-bond donors (Lipinski definition) is 2. The molecule has 122 valence electrons. The minimum absolute atomic E-state index is 0.0117. The Kier molecular flexibility index (Phi) is 3.49. The van der Waals surface area contributed by atoms with Crippen molar-refractivity contribution in [2.24, 2.45) is 5.92 Å². The molecule has 0 bridgehead atoms. The van der Waals surface area contributed by atoms with E-state index in [0.29, 0.717) is 6.42 Å². The van der Waals surface area contributed by atoms with Crippen molar-refractivity contribution in [3.05, 3.63) is 59.7 Å². The van der Waals surface area contributed by atoms with Gasteiger partial charge in [0.05, 0.1) is 5.92 Å². The fraction of sp³-hybridized carbons (Fsp3) is 0.263. The van der Waals surface area contributed by atoms with Crippen LogP contribution < -0.4 is 5.32 Å². The second-order valence-corrected chi connectivity index (χ2v) is 6.26. The van der Waals surface area contributed by atoms with Crippen molar-refractivity contribution < 1.29 is 19.4 Å². The van der Waals surface area contributed by atoms with Crippen LogP contribution >= 0.6 is 0 Å². The Balaban J connectivity index is 1.45. The summed E-state index contributed by atoms with van der Waals surface area (Å²) < 4.78 is 5.38. The van der Waals surface area contributed by atoms with Gasteiger partial charge >= 0.3 is 12.1 Å². The minimum atomic E-state index is -0.876. The minimum Gasteiger partial charge on any atom is -0.481 e. The summed E-state index contributed by atoms with van der Waals surface area (Å²) >= 11 is 0. The fourth-order valence-corrected chi connectivity index (χ4v) is 3.42. The van der Waals surface area contributed by atoms with Crippen LogP contribution in [0, 0.1) is 5.92 Å². The third-order valence-electron chi connectivity index (χ3n) is 4.75. The van der Waals surface area contributed by atoms with Crippen molar-refractivity contribution in [1.29, 1.82) is 0 Å². The normalized spacial score (nSPS) is 20.8. The van der Waals surface area contributed by atoms with Crippen molar-refractivity contribution in [2.75, 3.05) is 6.61 Å². The van der Waals surface area contributed by atoms with E-state index in [1.54, 1.807) is 0 Å². The molecule has 2 aliphatic carbocycles. The smallest absolute Gasteiger partial charge is 0.407 e. The van der Waals surface area contributed by atoms with Crippen molar-refractivity contribution in [2.45, 2.75) is 18.4 Å². The molecule has 1 saturated carbocycles. The Hall–Kier alpha value is -2.82. The predicted octanol–water partition coefficient (Wildman–Crippen LogP) is 3.00. The molecule has 2 aromatic carbocycles. The van der Waals surface area contributed by atoms with Gasteiger partial charge in [0.1, 0.15) is 6.61 Å². The number of carboxylic acids is 1. The lowest BCUT2D eigenvalue weighted by atomic mass is 9.98. The maximum atomic E-state index is 11.9. The molecule has 0 spiro atoms. The molecule has 0 aromatic heterocycles. The maximum absolute atomic E-state index is 11.9. The van der Waals surface area contributed by atoms with Gasteiger partial charge < -0.3 is 15.2 Å². The lowest BCUT2D eigenvalue weighted by Crippen LogP contribution is -2.30. The van der Waals surface area contributed by atoms with E-state index in [1.165, 1.54) is 11.1 Å². The molecule has 0 radical (unpaired) electrons. The van der Waals surface area contributed by atoms with E-state index in [4.69, 9.17) is 9.84 Å². The van der Waals surface area contributed by atoms with Gasteiger partial charge in [-0.1, -0.05) is 48.5 Å². The van der Waals surface area contributed by atoms with Crippen molar-refractivity contribution in [3.8, 4) is 11.1 Å². The average molecular weight is 323 g/mol. The summed E-state index contributed by atoms with van der Waals surface area (Å²) in [5.41, 5.74) is 4.66. The summed E-state index contributed by atoms with van der Waals surface area (Å²) in [5, 5.41) is 11.5. The van der Waals surface area contributed by atoms with Crippen LogP contribution in [0.5, 0.6) is 0 Å². The van der Waals surface area contributed by atoms with E-state index < -0.39 is 18.0 Å². The Morgan fingerprint density at radius 2 is 1.62 bits per heavy atom. The Morgan fingerprint density at radius 3 is 2.17 bits per heavy atom. The molecule has 24 heavy (non-hydrogen) atoms. The number of carbonyl (C=O) groups excluding carboxylic acids is 1. The maximum Gasteiger partial charge on any atom is 0.407 e. The summed E-state index contributed by atoms with van der Waals surface area (Å²) in [4.78, 5) is 22.7. The van der Waals surface area contributed by atoms with Crippen molar-refractivity contribution in [3.63, 3.8) is 0 Å². The molecular weight excluding hydrogens is 306 g/mol. The first kappa shape index (κ1) is 14.8. The third-order valence-corrected chi connectivity index (χ3v) is 4.75. The Labute approximate surface area is 139 Å². The number of fused-ring (bicyclic) bond motifs is 3. The zero-order chi connectivity index (χ0) is 16.7. The molecule has 1 amide bonds. The van der Waals surface area contributed by atoms with E-state index in [-0.39, 0.29) is 18.6 Å². The predicted molar refractivity (Wildman–Crippen MR) is 87.7 cm³/mol. The first-order chi connectivity index (χ1) is 11.6. The monoisotopic (exact) mass is 323 g/mol. The number of nitrogens with one attached hydrogen (secondary N) is 1. The number of carbonyl (C=O) groups is 2. The first-order valence-electron chi connectivity index (χ1n) is 7.99. The number of amides is 1. The van der Waals surface area contributed by atoms with Gasteiger partial charge in [-0.2, -0.15) is 0 Å². The van der Waals surface area contributed by atoms with Gasteiger partial charge in [-0.05, 0) is 28.7 Å². The van der Waals surface area contributed by atoms with Crippen LogP contribution in [0.15, 0.2) is 48.5 Å². The molecule has 5 heteroatoms. The zero-order valence-electron chi connectivity index (χ0n) is 12.9. The molecule has 5 nitrogen and oxygen atoms in total. The Bertz CT molecular complexity index is 771. The van der Waals surface area contributed by atoms with Crippen LogP contribution in [0.1, 0.15) is 23.5 Å². The van der Waals surface area contributed by atoms with E-state index in [9.17, 15) is 9.59 Å². The fourth-order valence-electron chi connectivity index (χ4n) is 3.42. The van der Waals surface area contributed by atoms with Gasteiger partial charge in [-0.15, -0.1) is 0 Å². The molecule has 2 aliphatic rings. The molecule has 2 atom stereocenters. The number of carboxylic acid groups (broad SMARTS) is 1. The summed E-state index contributed by atoms with van der Waals surface area (Å²) in [6.45, 7) is 0.240. The number of benzene rings is 2. The van der Waals surface area contributed by atoms with Gasteiger partial charge in [0.15, 0.2) is 0 Å². The summed E-state index contributed by atoms with van der Waals surface area (Å²) in [6, 6.07) is 15.9. The van der Waals surface area contributed by atoms with Crippen LogP contribution in [0.3, 0.4) is 0 Å². The number of ether oxygens (including phenoxy) is 1. The van der Waals surface area contributed by atoms with Crippen LogP contribution in [0.25, 0.3) is 11.1 Å². The second kappa shape index (κ2) is 5.67. The molecular formula is C19H17NO4. The summed E-state index contributed by atoms with van der Waals surface area (Å²) in [6.07, 6.45) is -0.0786. The highest BCUT2D eigenvalue weighted by molar-refractivity contribution is 5.79. The van der Waals surface area contributed by atoms with E-state index >= 15 is 0 Å². The van der Waals surface area contributed by atoms with E-state index in [1.807, 2.05) is 24.3 Å². The summed E-state index contributed by atoms with van der Waals surface area (Å²) in [5.74, 6) is -1.35. The van der Waals surface area contributed by atoms with Crippen molar-refractivity contribution >= 4 is 12.1 Å². The highest BCUT2D eigenvalue weighted by atomic mass is 16.5. The van der Waals surface area contributed by atoms with Crippen LogP contribution in [0.4, 0.5) is 4.79 Å². The molecule has 0 heterocycles. The molecule has 2 N–H and O–H groups in total. The van der Waals surface area contributed by atoms with Crippen molar-refractivity contribution in [1.82, 2.24) is 5.32 Å².